The Balaban J connectivity index is 1.94. The van der Waals surface area contributed by atoms with E-state index in [0.717, 1.165) is 15.4 Å². The minimum atomic E-state index is -3.70. The molecule has 1 heterocycles. The van der Waals surface area contributed by atoms with Gasteiger partial charge in [-0.25, -0.2) is 17.7 Å². The lowest BCUT2D eigenvalue weighted by atomic mass is 10.1. The molecule has 0 atom stereocenters. The van der Waals surface area contributed by atoms with Crippen LogP contribution in [-0.2, 0) is 19.6 Å². The number of aryl methyl sites for hydroxylation is 2. The summed E-state index contributed by atoms with van der Waals surface area (Å²) in [4.78, 5) is 25.5. The second-order valence-electron chi connectivity index (χ2n) is 7.65. The molecule has 2 aromatic carbocycles. The zero-order chi connectivity index (χ0) is 23.6. The summed E-state index contributed by atoms with van der Waals surface area (Å²) in [5.41, 5.74) is 2.80. The van der Waals surface area contributed by atoms with E-state index in [9.17, 15) is 18.0 Å². The van der Waals surface area contributed by atoms with Crippen LogP contribution in [0.25, 0.3) is 0 Å². The molecule has 0 spiro atoms. The fourth-order valence-corrected chi connectivity index (χ4v) is 4.13. The van der Waals surface area contributed by atoms with Crippen LogP contribution in [0.4, 0.5) is 11.4 Å². The van der Waals surface area contributed by atoms with Crippen molar-refractivity contribution in [3.8, 4) is 5.75 Å². The lowest BCUT2D eigenvalue weighted by Crippen LogP contribution is -2.36. The molecule has 0 fully saturated rings. The lowest BCUT2D eigenvalue weighted by Gasteiger charge is -2.25. The highest BCUT2D eigenvalue weighted by atomic mass is 32.2. The van der Waals surface area contributed by atoms with E-state index in [2.05, 4.69) is 10.4 Å². The number of rotatable bonds is 6. The third-order valence-electron chi connectivity index (χ3n) is 5.09. The molecule has 0 radical (unpaired) electrons. The molecule has 10 heteroatoms. The summed E-state index contributed by atoms with van der Waals surface area (Å²) in [5.74, 6) is -0.438. The van der Waals surface area contributed by atoms with E-state index < -0.39 is 15.9 Å². The van der Waals surface area contributed by atoms with Crippen LogP contribution in [-0.4, -0.2) is 51.5 Å². The molecule has 0 aromatic heterocycles. The number of sulfonamides is 1. The van der Waals surface area contributed by atoms with Crippen molar-refractivity contribution in [2.24, 2.45) is 5.10 Å². The summed E-state index contributed by atoms with van der Waals surface area (Å²) < 4.78 is 31.3. The van der Waals surface area contributed by atoms with Gasteiger partial charge in [-0.15, -0.1) is 0 Å². The molecule has 0 aliphatic carbocycles. The summed E-state index contributed by atoms with van der Waals surface area (Å²) >= 11 is 0. The Morgan fingerprint density at radius 3 is 2.50 bits per heavy atom. The third-order valence-corrected chi connectivity index (χ3v) is 6.90. The molecule has 0 unspecified atom stereocenters. The van der Waals surface area contributed by atoms with Gasteiger partial charge >= 0.3 is 0 Å². The molecule has 0 saturated carbocycles. The van der Waals surface area contributed by atoms with Gasteiger partial charge in [0.25, 0.3) is 5.91 Å². The van der Waals surface area contributed by atoms with Crippen LogP contribution in [0, 0.1) is 13.8 Å². The maximum Gasteiger partial charge on any atom is 0.271 e. The molecule has 2 amide bonds. The Bertz CT molecular complexity index is 1200. The first-order valence-corrected chi connectivity index (χ1v) is 11.4. The number of hydrazone groups is 1. The van der Waals surface area contributed by atoms with Crippen LogP contribution in [0.2, 0.25) is 0 Å². The molecule has 3 rings (SSSR count). The standard InChI is InChI=1S/C22H26N4O5S/c1-14-6-7-15(2)19(12-14)26-21(27)11-9-17(24-26)22(28)23-18-13-16(8-10-20(18)31-5)32(29,30)25(3)4/h6-8,10,12-13H,9,11H2,1-5H3,(H,23,28). The van der Waals surface area contributed by atoms with E-state index >= 15 is 0 Å². The van der Waals surface area contributed by atoms with Gasteiger partial charge in [-0.05, 0) is 49.2 Å². The zero-order valence-corrected chi connectivity index (χ0v) is 19.5. The number of hydrogen-bond donors (Lipinski definition) is 1. The van der Waals surface area contributed by atoms with E-state index in [1.165, 1.54) is 44.4 Å². The van der Waals surface area contributed by atoms with Crippen LogP contribution in [0.5, 0.6) is 5.75 Å². The van der Waals surface area contributed by atoms with Gasteiger partial charge in [-0.1, -0.05) is 12.1 Å². The van der Waals surface area contributed by atoms with Crippen LogP contribution in [0.15, 0.2) is 46.4 Å². The monoisotopic (exact) mass is 458 g/mol. The van der Waals surface area contributed by atoms with Crippen LogP contribution in [0.1, 0.15) is 24.0 Å². The number of carbonyl (C=O) groups is 2. The highest BCUT2D eigenvalue weighted by molar-refractivity contribution is 7.89. The Morgan fingerprint density at radius 2 is 1.84 bits per heavy atom. The topological polar surface area (TPSA) is 108 Å². The van der Waals surface area contributed by atoms with Gasteiger partial charge in [0.05, 0.1) is 23.4 Å². The summed E-state index contributed by atoms with van der Waals surface area (Å²) in [6.45, 7) is 3.78. The summed E-state index contributed by atoms with van der Waals surface area (Å²) in [6, 6.07) is 9.89. The fourth-order valence-electron chi connectivity index (χ4n) is 3.20. The average molecular weight is 459 g/mol. The minimum Gasteiger partial charge on any atom is -0.495 e. The van der Waals surface area contributed by atoms with Crippen molar-refractivity contribution < 1.29 is 22.7 Å². The van der Waals surface area contributed by atoms with Crippen molar-refractivity contribution in [1.82, 2.24) is 4.31 Å². The molecular weight excluding hydrogens is 432 g/mol. The van der Waals surface area contributed by atoms with Crippen LogP contribution < -0.4 is 15.1 Å². The fraction of sp³-hybridized carbons (Fsp3) is 0.318. The molecule has 9 nitrogen and oxygen atoms in total. The average Bonchev–Trinajstić information content (AvgIpc) is 2.75. The van der Waals surface area contributed by atoms with E-state index in [1.54, 1.807) is 0 Å². The Morgan fingerprint density at radius 1 is 1.12 bits per heavy atom. The molecule has 1 aliphatic rings. The first-order chi connectivity index (χ1) is 15.0. The number of amides is 2. The number of nitrogens with one attached hydrogen (secondary N) is 1. The van der Waals surface area contributed by atoms with Crippen molar-refractivity contribution in [3.05, 3.63) is 47.5 Å². The molecule has 0 saturated heterocycles. The normalized spacial score (nSPS) is 14.4. The van der Waals surface area contributed by atoms with Crippen molar-refractivity contribution in [2.75, 3.05) is 31.5 Å². The zero-order valence-electron chi connectivity index (χ0n) is 18.7. The van der Waals surface area contributed by atoms with E-state index in [1.807, 2.05) is 32.0 Å². The SMILES string of the molecule is COc1ccc(S(=O)(=O)N(C)C)cc1NC(=O)C1=NN(c2cc(C)ccc2C)C(=O)CC1. The lowest BCUT2D eigenvalue weighted by molar-refractivity contribution is -0.118. The summed E-state index contributed by atoms with van der Waals surface area (Å²) in [6.07, 6.45) is 0.301. The molecule has 32 heavy (non-hydrogen) atoms. The maximum absolute atomic E-state index is 13.0. The molecule has 0 bridgehead atoms. The van der Waals surface area contributed by atoms with Crippen molar-refractivity contribution in [3.63, 3.8) is 0 Å². The summed E-state index contributed by atoms with van der Waals surface area (Å²) in [5, 5.41) is 8.24. The first-order valence-electron chi connectivity index (χ1n) is 9.94. The van der Waals surface area contributed by atoms with Crippen molar-refractivity contribution in [1.29, 1.82) is 0 Å². The number of hydrogen-bond acceptors (Lipinski definition) is 6. The van der Waals surface area contributed by atoms with Gasteiger partial charge in [0.1, 0.15) is 11.5 Å². The van der Waals surface area contributed by atoms with Crippen LogP contribution in [0.3, 0.4) is 0 Å². The van der Waals surface area contributed by atoms with E-state index in [4.69, 9.17) is 4.74 Å². The van der Waals surface area contributed by atoms with Gasteiger partial charge in [-0.3, -0.25) is 9.59 Å². The van der Waals surface area contributed by atoms with Gasteiger partial charge in [0.2, 0.25) is 15.9 Å². The second kappa shape index (κ2) is 9.09. The number of nitrogens with zero attached hydrogens (tertiary/aromatic N) is 3. The first kappa shape index (κ1) is 23.4. The van der Waals surface area contributed by atoms with Gasteiger partial charge < -0.3 is 10.1 Å². The number of carbonyl (C=O) groups excluding carboxylic acids is 2. The van der Waals surface area contributed by atoms with Gasteiger partial charge in [0, 0.05) is 26.9 Å². The smallest absolute Gasteiger partial charge is 0.271 e. The number of methoxy groups -OCH3 is 1. The second-order valence-corrected chi connectivity index (χ2v) is 9.80. The molecule has 170 valence electrons. The van der Waals surface area contributed by atoms with Crippen LogP contribution >= 0.6 is 0 Å². The maximum atomic E-state index is 13.0. The third kappa shape index (κ3) is 4.66. The van der Waals surface area contributed by atoms with Crippen molar-refractivity contribution >= 4 is 38.9 Å². The Hall–Kier alpha value is -3.24. The summed E-state index contributed by atoms with van der Waals surface area (Å²) in [7, 11) is 0.566. The quantitative estimate of drug-likeness (QED) is 0.716. The Labute approximate surface area is 187 Å². The van der Waals surface area contributed by atoms with Crippen molar-refractivity contribution in [2.45, 2.75) is 31.6 Å². The number of ether oxygens (including phenoxy) is 1. The molecule has 2 aromatic rings. The van der Waals surface area contributed by atoms with Gasteiger partial charge in [0.15, 0.2) is 0 Å². The molecule has 1 N–H and O–H groups in total. The predicted octanol–water partition coefficient (Wildman–Crippen LogP) is 2.68. The minimum absolute atomic E-state index is 0.0105. The van der Waals surface area contributed by atoms with E-state index in [-0.39, 0.29) is 35.0 Å². The predicted molar refractivity (Wildman–Crippen MR) is 123 cm³/mol. The highest BCUT2D eigenvalue weighted by Crippen LogP contribution is 2.29. The largest absolute Gasteiger partial charge is 0.495 e. The van der Waals surface area contributed by atoms with Gasteiger partial charge in [-0.2, -0.15) is 5.10 Å². The molecule has 1 aliphatic heterocycles. The highest BCUT2D eigenvalue weighted by Gasteiger charge is 2.27. The number of benzene rings is 2. The van der Waals surface area contributed by atoms with E-state index in [0.29, 0.717) is 11.4 Å². The molecular formula is C22H26N4O5S. The Kier molecular flexibility index (Phi) is 6.65. The number of anilines is 2.